The number of hydrogen-bond acceptors (Lipinski definition) is 5. The molecule has 0 aliphatic carbocycles. The third-order valence-corrected chi connectivity index (χ3v) is 6.66. The van der Waals surface area contributed by atoms with Gasteiger partial charge in [0.25, 0.3) is 11.1 Å². The number of amides is 2. The number of imide groups is 1. The summed E-state index contributed by atoms with van der Waals surface area (Å²) in [6, 6.07) is 18.7. The molecule has 0 atom stereocenters. The third-order valence-electron chi connectivity index (χ3n) is 5.50. The second-order valence-corrected chi connectivity index (χ2v) is 9.20. The van der Waals surface area contributed by atoms with Crippen LogP contribution in [0.3, 0.4) is 0 Å². The smallest absolute Gasteiger partial charge is 0.293 e. The summed E-state index contributed by atoms with van der Waals surface area (Å²) >= 11 is 6.83. The zero-order valence-corrected chi connectivity index (χ0v) is 20.6. The van der Waals surface area contributed by atoms with Crippen LogP contribution in [0, 0.1) is 13.8 Å². The van der Waals surface area contributed by atoms with Gasteiger partial charge in [-0.3, -0.25) is 14.5 Å². The van der Waals surface area contributed by atoms with Gasteiger partial charge in [-0.05, 0) is 79.7 Å². The van der Waals surface area contributed by atoms with Crippen LogP contribution in [0.15, 0.2) is 65.6 Å². The van der Waals surface area contributed by atoms with Crippen LogP contribution >= 0.6 is 23.4 Å². The number of nitrogens with zero attached hydrogens (tertiary/aromatic N) is 2. The summed E-state index contributed by atoms with van der Waals surface area (Å²) in [7, 11) is 0. The van der Waals surface area contributed by atoms with Crippen molar-refractivity contribution in [2.45, 2.75) is 20.4 Å². The molecule has 1 aliphatic heterocycles. The number of hydrogen-bond donors (Lipinski definition) is 0. The van der Waals surface area contributed by atoms with E-state index in [9.17, 15) is 9.59 Å². The summed E-state index contributed by atoms with van der Waals surface area (Å²) in [6.45, 7) is 5.63. The highest BCUT2D eigenvalue weighted by atomic mass is 35.5. The third kappa shape index (κ3) is 5.66. The van der Waals surface area contributed by atoms with Crippen LogP contribution in [-0.2, 0) is 11.3 Å². The van der Waals surface area contributed by atoms with Gasteiger partial charge in [-0.2, -0.15) is 0 Å². The minimum Gasteiger partial charge on any atom is -0.492 e. The Hall–Kier alpha value is -3.16. The van der Waals surface area contributed by atoms with Crippen LogP contribution in [0.2, 0.25) is 5.02 Å². The number of carbonyl (C=O) groups is 2. The van der Waals surface area contributed by atoms with Gasteiger partial charge in [-0.25, -0.2) is 0 Å². The Bertz CT molecular complexity index is 1210. The molecule has 0 N–H and O–H groups in total. The van der Waals surface area contributed by atoms with Crippen molar-refractivity contribution in [3.8, 4) is 11.5 Å². The maximum absolute atomic E-state index is 12.9. The fraction of sp³-hybridized carbons (Fsp3) is 0.231. The second kappa shape index (κ2) is 10.8. The van der Waals surface area contributed by atoms with E-state index in [1.807, 2.05) is 50.2 Å². The van der Waals surface area contributed by atoms with Crippen molar-refractivity contribution in [3.05, 3.63) is 87.5 Å². The van der Waals surface area contributed by atoms with E-state index in [0.717, 1.165) is 34.5 Å². The average molecular weight is 497 g/mol. The van der Waals surface area contributed by atoms with Gasteiger partial charge in [0, 0.05) is 16.4 Å². The first-order chi connectivity index (χ1) is 16.4. The Kier molecular flexibility index (Phi) is 7.65. The zero-order chi connectivity index (χ0) is 24.1. The topological polar surface area (TPSA) is 60.8 Å². The second-order valence-electron chi connectivity index (χ2n) is 7.78. The fourth-order valence-corrected chi connectivity index (χ4v) is 4.69. The predicted molar refractivity (Wildman–Crippen MR) is 135 cm³/mol. The van der Waals surface area contributed by atoms with Crippen molar-refractivity contribution >= 4 is 40.6 Å². The highest BCUT2D eigenvalue weighted by molar-refractivity contribution is 8.18. The Morgan fingerprint density at radius 3 is 2.26 bits per heavy atom. The molecule has 0 saturated carbocycles. The number of ether oxygens (including phenoxy) is 2. The summed E-state index contributed by atoms with van der Waals surface area (Å²) < 4.78 is 13.6. The van der Waals surface area contributed by atoms with Gasteiger partial charge in [0.1, 0.15) is 24.7 Å². The molecule has 0 spiro atoms. The molecular formula is C26H25ClN2O4S. The number of aryl methyl sites for hydroxylation is 1. The van der Waals surface area contributed by atoms with Crippen LogP contribution < -0.4 is 9.47 Å². The van der Waals surface area contributed by atoms with Crippen molar-refractivity contribution in [2.24, 2.45) is 0 Å². The van der Waals surface area contributed by atoms with Gasteiger partial charge in [-0.1, -0.05) is 29.8 Å². The number of para-hydroxylation sites is 1. The number of benzene rings is 2. The Labute approximate surface area is 208 Å². The van der Waals surface area contributed by atoms with Gasteiger partial charge in [-0.15, -0.1) is 0 Å². The molecule has 0 unspecified atom stereocenters. The molecule has 2 heterocycles. The molecule has 8 heteroatoms. The van der Waals surface area contributed by atoms with Gasteiger partial charge >= 0.3 is 0 Å². The van der Waals surface area contributed by atoms with E-state index in [4.69, 9.17) is 21.1 Å². The summed E-state index contributed by atoms with van der Waals surface area (Å²) in [4.78, 5) is 26.9. The SMILES string of the molecule is Cc1cc(/C=C2\SC(=O)N(CCOc3ccc(Cl)cc3)C2=O)c(C)n1CCOc1ccccc1. The van der Waals surface area contributed by atoms with Crippen molar-refractivity contribution in [3.63, 3.8) is 0 Å². The van der Waals surface area contributed by atoms with Gasteiger partial charge in [0.2, 0.25) is 0 Å². The molecule has 2 aromatic carbocycles. The minimum atomic E-state index is -0.299. The fourth-order valence-electron chi connectivity index (χ4n) is 3.71. The quantitative estimate of drug-likeness (QED) is 0.342. The van der Waals surface area contributed by atoms with Crippen molar-refractivity contribution in [1.82, 2.24) is 9.47 Å². The lowest BCUT2D eigenvalue weighted by molar-refractivity contribution is -0.123. The maximum atomic E-state index is 12.9. The highest BCUT2D eigenvalue weighted by Crippen LogP contribution is 2.33. The van der Waals surface area contributed by atoms with E-state index in [1.54, 1.807) is 30.3 Å². The molecule has 176 valence electrons. The van der Waals surface area contributed by atoms with E-state index in [2.05, 4.69) is 4.57 Å². The molecule has 1 aromatic heterocycles. The zero-order valence-electron chi connectivity index (χ0n) is 19.0. The van der Waals surface area contributed by atoms with E-state index in [1.165, 1.54) is 4.90 Å². The minimum absolute atomic E-state index is 0.181. The molecule has 0 radical (unpaired) electrons. The van der Waals surface area contributed by atoms with Crippen molar-refractivity contribution < 1.29 is 19.1 Å². The number of carbonyl (C=O) groups excluding carboxylic acids is 2. The molecule has 2 amide bonds. The van der Waals surface area contributed by atoms with E-state index in [-0.39, 0.29) is 24.3 Å². The first kappa shape index (κ1) is 24.0. The number of aromatic nitrogens is 1. The molecule has 4 rings (SSSR count). The van der Waals surface area contributed by atoms with Gasteiger partial charge in [0.15, 0.2) is 0 Å². The molecule has 1 saturated heterocycles. The van der Waals surface area contributed by atoms with Crippen LogP contribution in [-0.4, -0.2) is 40.4 Å². The molecule has 6 nitrogen and oxygen atoms in total. The Morgan fingerprint density at radius 2 is 1.56 bits per heavy atom. The van der Waals surface area contributed by atoms with E-state index >= 15 is 0 Å². The average Bonchev–Trinajstić information content (AvgIpc) is 3.25. The summed E-state index contributed by atoms with van der Waals surface area (Å²) in [5.41, 5.74) is 3.00. The van der Waals surface area contributed by atoms with Gasteiger partial charge in [0.05, 0.1) is 18.0 Å². The molecule has 1 aliphatic rings. The molecule has 0 bridgehead atoms. The Morgan fingerprint density at radius 1 is 0.912 bits per heavy atom. The number of thioether (sulfide) groups is 1. The monoisotopic (exact) mass is 496 g/mol. The summed E-state index contributed by atoms with van der Waals surface area (Å²) in [5, 5.41) is 0.326. The predicted octanol–water partition coefficient (Wildman–Crippen LogP) is 5.95. The summed E-state index contributed by atoms with van der Waals surface area (Å²) in [5.74, 6) is 1.17. The largest absolute Gasteiger partial charge is 0.492 e. The van der Waals surface area contributed by atoms with Crippen LogP contribution in [0.25, 0.3) is 6.08 Å². The maximum Gasteiger partial charge on any atom is 0.293 e. The standard InChI is InChI=1S/C26H25ClN2O4S/c1-18-16-20(19(2)28(18)12-14-32-22-6-4-3-5-7-22)17-24-25(30)29(26(31)34-24)13-15-33-23-10-8-21(27)9-11-23/h3-11,16-17H,12-15H2,1-2H3/b24-17-. The molecule has 1 fully saturated rings. The lowest BCUT2D eigenvalue weighted by Crippen LogP contribution is -2.32. The lowest BCUT2D eigenvalue weighted by Gasteiger charge is -2.13. The molecular weight excluding hydrogens is 472 g/mol. The lowest BCUT2D eigenvalue weighted by atomic mass is 10.2. The number of halogens is 1. The summed E-state index contributed by atoms with van der Waals surface area (Å²) in [6.07, 6.45) is 1.79. The normalized spacial score (nSPS) is 14.8. The van der Waals surface area contributed by atoms with Crippen LogP contribution in [0.4, 0.5) is 4.79 Å². The Balaban J connectivity index is 1.37. The van der Waals surface area contributed by atoms with E-state index in [0.29, 0.717) is 28.8 Å². The van der Waals surface area contributed by atoms with Crippen LogP contribution in [0.5, 0.6) is 11.5 Å². The van der Waals surface area contributed by atoms with Crippen molar-refractivity contribution in [1.29, 1.82) is 0 Å². The van der Waals surface area contributed by atoms with Crippen LogP contribution in [0.1, 0.15) is 17.0 Å². The highest BCUT2D eigenvalue weighted by Gasteiger charge is 2.35. The van der Waals surface area contributed by atoms with Gasteiger partial charge < -0.3 is 14.0 Å². The number of rotatable bonds is 9. The molecule has 34 heavy (non-hydrogen) atoms. The first-order valence-corrected chi connectivity index (χ1v) is 12.1. The van der Waals surface area contributed by atoms with Crippen molar-refractivity contribution in [2.75, 3.05) is 19.8 Å². The van der Waals surface area contributed by atoms with E-state index < -0.39 is 0 Å². The first-order valence-electron chi connectivity index (χ1n) is 10.9. The molecule has 3 aromatic rings.